The second-order valence-electron chi connectivity index (χ2n) is 6.98. The molecule has 0 aliphatic heterocycles. The molecular weight excluding hydrogens is 334 g/mol. The minimum atomic E-state index is -0.759. The highest BCUT2D eigenvalue weighted by molar-refractivity contribution is 6.33. The topological polar surface area (TPSA) is 84.7 Å². The Hall–Kier alpha value is -2.02. The molecule has 0 unspecified atom stereocenters. The van der Waals surface area contributed by atoms with E-state index in [4.69, 9.17) is 16.3 Å². The zero-order chi connectivity index (χ0) is 18.7. The molecule has 1 N–H and O–H groups in total. The molecule has 0 heterocycles. The van der Waals surface area contributed by atoms with Crippen molar-refractivity contribution in [2.45, 2.75) is 40.2 Å². The zero-order valence-electron chi connectivity index (χ0n) is 14.8. The van der Waals surface area contributed by atoms with E-state index in [0.717, 1.165) is 0 Å². The molecule has 24 heavy (non-hydrogen) atoms. The largest absolute Gasteiger partial charge is 0.444 e. The summed E-state index contributed by atoms with van der Waals surface area (Å²) in [6.45, 7) is 9.95. The minimum absolute atomic E-state index is 0.0456. The first kappa shape index (κ1) is 20.0. The molecule has 1 amide bonds. The van der Waals surface area contributed by atoms with Gasteiger partial charge in [-0.25, -0.2) is 4.79 Å². The lowest BCUT2D eigenvalue weighted by Gasteiger charge is -2.24. The Bertz CT molecular complexity index is 626. The van der Waals surface area contributed by atoms with Crippen molar-refractivity contribution in [1.29, 1.82) is 0 Å². The summed E-state index contributed by atoms with van der Waals surface area (Å²) in [5, 5.41) is 13.9. The first-order valence-electron chi connectivity index (χ1n) is 7.59. The molecule has 134 valence electrons. The maximum atomic E-state index is 11.9. The van der Waals surface area contributed by atoms with Crippen LogP contribution in [-0.2, 0) is 4.74 Å². The van der Waals surface area contributed by atoms with E-state index in [1.165, 1.54) is 12.1 Å². The van der Waals surface area contributed by atoms with Gasteiger partial charge in [-0.3, -0.25) is 15.4 Å². The van der Waals surface area contributed by atoms with Gasteiger partial charge in [0.2, 0.25) is 0 Å². The van der Waals surface area contributed by atoms with E-state index in [1.807, 2.05) is 11.9 Å². The highest BCUT2D eigenvalue weighted by atomic mass is 35.5. The van der Waals surface area contributed by atoms with Gasteiger partial charge < -0.3 is 9.64 Å². The van der Waals surface area contributed by atoms with Crippen molar-refractivity contribution in [2.75, 3.05) is 23.8 Å². The van der Waals surface area contributed by atoms with Crippen LogP contribution in [0.1, 0.15) is 34.6 Å². The summed E-state index contributed by atoms with van der Waals surface area (Å²) in [7, 11) is 1.84. The predicted octanol–water partition coefficient (Wildman–Crippen LogP) is 4.69. The molecular formula is C16H24ClN3O4. The number of benzene rings is 1. The third kappa shape index (κ3) is 5.88. The van der Waals surface area contributed by atoms with Crippen molar-refractivity contribution in [3.63, 3.8) is 0 Å². The molecule has 0 aliphatic rings. The highest BCUT2D eigenvalue weighted by Crippen LogP contribution is 2.36. The summed E-state index contributed by atoms with van der Waals surface area (Å²) in [5.41, 5.74) is -0.346. The molecule has 0 saturated carbocycles. The van der Waals surface area contributed by atoms with Crippen molar-refractivity contribution in [3.05, 3.63) is 27.3 Å². The molecule has 0 radical (unpaired) electrons. The van der Waals surface area contributed by atoms with Crippen LogP contribution < -0.4 is 10.2 Å². The van der Waals surface area contributed by atoms with Gasteiger partial charge in [0.05, 0.1) is 15.6 Å². The number of nitrogens with zero attached hydrogens (tertiary/aromatic N) is 2. The number of anilines is 2. The summed E-state index contributed by atoms with van der Waals surface area (Å²) < 4.78 is 5.15. The van der Waals surface area contributed by atoms with E-state index in [-0.39, 0.29) is 16.4 Å². The van der Waals surface area contributed by atoms with Gasteiger partial charge in [-0.05, 0) is 32.8 Å². The van der Waals surface area contributed by atoms with E-state index in [9.17, 15) is 14.9 Å². The molecule has 0 aliphatic carbocycles. The van der Waals surface area contributed by atoms with Gasteiger partial charge >= 0.3 is 6.09 Å². The maximum absolute atomic E-state index is 11.9. The number of hydrogen-bond donors (Lipinski definition) is 1. The molecule has 1 rings (SSSR count). The first-order valence-corrected chi connectivity index (χ1v) is 7.97. The highest BCUT2D eigenvalue weighted by Gasteiger charge is 2.23. The number of nitrogens with one attached hydrogen (secondary N) is 1. The molecule has 0 saturated heterocycles. The van der Waals surface area contributed by atoms with Crippen LogP contribution in [0, 0.1) is 16.0 Å². The molecule has 8 heteroatoms. The van der Waals surface area contributed by atoms with Crippen LogP contribution >= 0.6 is 11.6 Å². The number of nitro benzene ring substituents is 1. The summed E-state index contributed by atoms with van der Waals surface area (Å²) in [6.07, 6.45) is -0.759. The Morgan fingerprint density at radius 1 is 1.42 bits per heavy atom. The zero-order valence-corrected chi connectivity index (χ0v) is 15.6. The van der Waals surface area contributed by atoms with Gasteiger partial charge in [0.25, 0.3) is 5.69 Å². The number of carbonyl (C=O) groups excluding carboxylic acids is 1. The molecule has 0 bridgehead atoms. The molecule has 0 aromatic heterocycles. The van der Waals surface area contributed by atoms with Crippen LogP contribution in [0.3, 0.4) is 0 Å². The Labute approximate surface area is 147 Å². The van der Waals surface area contributed by atoms with Gasteiger partial charge in [0.1, 0.15) is 11.3 Å². The van der Waals surface area contributed by atoms with Crippen LogP contribution in [0.25, 0.3) is 0 Å². The number of halogens is 1. The van der Waals surface area contributed by atoms with E-state index in [1.54, 1.807) is 20.8 Å². The van der Waals surface area contributed by atoms with Gasteiger partial charge in [0.15, 0.2) is 0 Å². The lowest BCUT2D eigenvalue weighted by Crippen LogP contribution is -2.28. The van der Waals surface area contributed by atoms with Crippen molar-refractivity contribution >= 4 is 34.8 Å². The summed E-state index contributed by atoms with van der Waals surface area (Å²) in [6, 6.07) is 2.73. The lowest BCUT2D eigenvalue weighted by molar-refractivity contribution is -0.383. The summed E-state index contributed by atoms with van der Waals surface area (Å²) in [5.74, 6) is 0.378. The van der Waals surface area contributed by atoms with Crippen LogP contribution in [0.4, 0.5) is 21.9 Å². The van der Waals surface area contributed by atoms with E-state index in [2.05, 4.69) is 19.2 Å². The Morgan fingerprint density at radius 3 is 2.46 bits per heavy atom. The molecule has 7 nitrogen and oxygen atoms in total. The second-order valence-corrected chi connectivity index (χ2v) is 7.39. The van der Waals surface area contributed by atoms with Gasteiger partial charge in [-0.1, -0.05) is 25.4 Å². The Morgan fingerprint density at radius 2 is 2.00 bits per heavy atom. The van der Waals surface area contributed by atoms with Crippen molar-refractivity contribution in [2.24, 2.45) is 5.92 Å². The standard InChI is InChI=1S/C16H24ClN3O4/c1-10(2)9-19(6)13-8-12(14(20(22)23)7-11(13)17)18-15(21)24-16(3,4)5/h7-8,10H,9H2,1-6H3,(H,18,21). The average molecular weight is 358 g/mol. The third-order valence-corrected chi connectivity index (χ3v) is 3.25. The summed E-state index contributed by atoms with van der Waals surface area (Å²) >= 11 is 6.18. The number of carbonyl (C=O) groups is 1. The third-order valence-electron chi connectivity index (χ3n) is 2.95. The summed E-state index contributed by atoms with van der Waals surface area (Å²) in [4.78, 5) is 24.5. The smallest absolute Gasteiger partial charge is 0.412 e. The Balaban J connectivity index is 3.20. The molecule has 1 aromatic carbocycles. The normalized spacial score (nSPS) is 11.3. The maximum Gasteiger partial charge on any atom is 0.412 e. The second kappa shape index (κ2) is 7.70. The van der Waals surface area contributed by atoms with Gasteiger partial charge in [-0.2, -0.15) is 0 Å². The fourth-order valence-electron chi connectivity index (χ4n) is 2.15. The molecule has 1 aromatic rings. The molecule has 0 fully saturated rings. The minimum Gasteiger partial charge on any atom is -0.444 e. The van der Waals surface area contributed by atoms with E-state index < -0.39 is 16.6 Å². The van der Waals surface area contributed by atoms with Crippen molar-refractivity contribution in [3.8, 4) is 0 Å². The van der Waals surface area contributed by atoms with Crippen LogP contribution in [-0.4, -0.2) is 30.2 Å². The molecule has 0 atom stereocenters. The van der Waals surface area contributed by atoms with Crippen LogP contribution in [0.15, 0.2) is 12.1 Å². The number of nitro groups is 1. The van der Waals surface area contributed by atoms with Gasteiger partial charge in [0, 0.05) is 19.7 Å². The van der Waals surface area contributed by atoms with Gasteiger partial charge in [-0.15, -0.1) is 0 Å². The number of ether oxygens (including phenoxy) is 1. The quantitative estimate of drug-likeness (QED) is 0.610. The lowest BCUT2D eigenvalue weighted by atomic mass is 10.1. The van der Waals surface area contributed by atoms with Crippen molar-refractivity contribution in [1.82, 2.24) is 0 Å². The Kier molecular flexibility index (Phi) is 6.42. The number of rotatable bonds is 5. The fourth-order valence-corrected chi connectivity index (χ4v) is 2.46. The van der Waals surface area contributed by atoms with E-state index >= 15 is 0 Å². The fraction of sp³-hybridized carbons (Fsp3) is 0.562. The number of amides is 1. The SMILES string of the molecule is CC(C)CN(C)c1cc(NC(=O)OC(C)(C)C)c([N+](=O)[O-])cc1Cl. The first-order chi connectivity index (χ1) is 10.9. The van der Waals surface area contributed by atoms with Crippen LogP contribution in [0.2, 0.25) is 5.02 Å². The van der Waals surface area contributed by atoms with E-state index in [0.29, 0.717) is 18.2 Å². The van der Waals surface area contributed by atoms with Crippen molar-refractivity contribution < 1.29 is 14.5 Å². The predicted molar refractivity (Wildman–Crippen MR) is 96.1 cm³/mol. The number of hydrogen-bond acceptors (Lipinski definition) is 5. The molecule has 0 spiro atoms. The monoisotopic (exact) mass is 357 g/mol. The van der Waals surface area contributed by atoms with Crippen LogP contribution in [0.5, 0.6) is 0 Å². The average Bonchev–Trinajstić information content (AvgIpc) is 2.36.